The van der Waals surface area contributed by atoms with Crippen molar-refractivity contribution >= 4 is 46.4 Å². The Morgan fingerprint density at radius 3 is 2.68 bits per heavy atom. The van der Waals surface area contributed by atoms with Gasteiger partial charge in [-0.15, -0.1) is 11.3 Å². The molecule has 1 aromatic carbocycles. The average Bonchev–Trinajstić information content (AvgIpc) is 3.00. The molecule has 0 bridgehead atoms. The quantitative estimate of drug-likeness (QED) is 0.799. The molecule has 2 rings (SSSR count). The zero-order chi connectivity index (χ0) is 15.9. The van der Waals surface area contributed by atoms with Crippen LogP contribution in [0.3, 0.4) is 0 Å². The first-order valence-electron chi connectivity index (χ1n) is 6.63. The smallest absolute Gasteiger partial charge is 0.271 e. The van der Waals surface area contributed by atoms with Gasteiger partial charge in [0, 0.05) is 16.3 Å². The summed E-state index contributed by atoms with van der Waals surface area (Å²) in [5, 5.41) is 2.68. The SMILES string of the molecule is O=C(CCCc1cccs1)NNC(=O)c1cc(Cl)ccc1Cl. The van der Waals surface area contributed by atoms with E-state index in [0.29, 0.717) is 11.4 Å². The maximum atomic E-state index is 11.9. The fourth-order valence-corrected chi connectivity index (χ4v) is 2.93. The third kappa shape index (κ3) is 5.02. The van der Waals surface area contributed by atoms with Crippen molar-refractivity contribution < 1.29 is 9.59 Å². The Kier molecular flexibility index (Phi) is 6.24. The molecule has 0 radical (unpaired) electrons. The van der Waals surface area contributed by atoms with E-state index in [1.165, 1.54) is 17.0 Å². The molecule has 0 atom stereocenters. The summed E-state index contributed by atoms with van der Waals surface area (Å²) >= 11 is 13.4. The van der Waals surface area contributed by atoms with Crippen molar-refractivity contribution in [1.82, 2.24) is 10.9 Å². The van der Waals surface area contributed by atoms with Gasteiger partial charge < -0.3 is 0 Å². The number of hydrogen-bond acceptors (Lipinski definition) is 3. The monoisotopic (exact) mass is 356 g/mol. The molecule has 4 nitrogen and oxygen atoms in total. The zero-order valence-electron chi connectivity index (χ0n) is 11.6. The Morgan fingerprint density at radius 2 is 1.95 bits per heavy atom. The number of hydrazine groups is 1. The first-order chi connectivity index (χ1) is 10.6. The van der Waals surface area contributed by atoms with Crippen LogP contribution >= 0.6 is 34.5 Å². The highest BCUT2D eigenvalue weighted by Gasteiger charge is 2.11. The Morgan fingerprint density at radius 1 is 1.14 bits per heavy atom. The van der Waals surface area contributed by atoms with Crippen molar-refractivity contribution in [1.29, 1.82) is 0 Å². The van der Waals surface area contributed by atoms with Crippen molar-refractivity contribution in [3.05, 3.63) is 56.2 Å². The number of carbonyl (C=O) groups excluding carboxylic acids is 2. The van der Waals surface area contributed by atoms with E-state index in [1.807, 2.05) is 17.5 Å². The summed E-state index contributed by atoms with van der Waals surface area (Å²) in [5.41, 5.74) is 4.92. The van der Waals surface area contributed by atoms with E-state index in [4.69, 9.17) is 23.2 Å². The molecule has 22 heavy (non-hydrogen) atoms. The number of benzene rings is 1. The van der Waals surface area contributed by atoms with Crippen molar-refractivity contribution in [3.63, 3.8) is 0 Å². The summed E-state index contributed by atoms with van der Waals surface area (Å²) in [6.45, 7) is 0. The first kappa shape index (κ1) is 16.8. The van der Waals surface area contributed by atoms with Crippen LogP contribution in [-0.2, 0) is 11.2 Å². The van der Waals surface area contributed by atoms with Crippen LogP contribution in [0.4, 0.5) is 0 Å². The van der Waals surface area contributed by atoms with Crippen LogP contribution in [0.25, 0.3) is 0 Å². The fraction of sp³-hybridized carbons (Fsp3) is 0.200. The van der Waals surface area contributed by atoms with Crippen LogP contribution in [0.1, 0.15) is 28.1 Å². The first-order valence-corrected chi connectivity index (χ1v) is 8.26. The summed E-state index contributed by atoms with van der Waals surface area (Å²) in [7, 11) is 0. The topological polar surface area (TPSA) is 58.2 Å². The minimum absolute atomic E-state index is 0.216. The third-order valence-electron chi connectivity index (χ3n) is 2.90. The number of rotatable bonds is 5. The lowest BCUT2D eigenvalue weighted by molar-refractivity contribution is -0.121. The van der Waals surface area contributed by atoms with E-state index < -0.39 is 5.91 Å². The van der Waals surface area contributed by atoms with Gasteiger partial charge in [-0.2, -0.15) is 0 Å². The number of aryl methyl sites for hydroxylation is 1. The number of amides is 2. The molecule has 2 aromatic rings. The number of halogens is 2. The fourth-order valence-electron chi connectivity index (χ4n) is 1.81. The van der Waals surface area contributed by atoms with Gasteiger partial charge in [0.2, 0.25) is 5.91 Å². The van der Waals surface area contributed by atoms with Crippen LogP contribution in [0.15, 0.2) is 35.7 Å². The second-order valence-corrected chi connectivity index (χ2v) is 6.44. The predicted molar refractivity (Wildman–Crippen MR) is 89.3 cm³/mol. The van der Waals surface area contributed by atoms with Gasteiger partial charge in [-0.1, -0.05) is 29.3 Å². The lowest BCUT2D eigenvalue weighted by Gasteiger charge is -2.08. The molecule has 0 spiro atoms. The molecule has 2 N–H and O–H groups in total. The number of nitrogens with one attached hydrogen (secondary N) is 2. The van der Waals surface area contributed by atoms with Gasteiger partial charge in [0.15, 0.2) is 0 Å². The standard InChI is InChI=1S/C15H14Cl2N2O2S/c16-10-6-7-13(17)12(9-10)15(21)19-18-14(20)5-1-3-11-4-2-8-22-11/h2,4,6-9H,1,3,5H2,(H,18,20)(H,19,21). The molecule has 7 heteroatoms. The summed E-state index contributed by atoms with van der Waals surface area (Å²) in [6.07, 6.45) is 1.90. The molecular formula is C15H14Cl2N2O2S. The Hall–Kier alpha value is -1.56. The average molecular weight is 357 g/mol. The van der Waals surface area contributed by atoms with Crippen molar-refractivity contribution in [2.75, 3.05) is 0 Å². The molecule has 0 aliphatic rings. The number of carbonyl (C=O) groups is 2. The lowest BCUT2D eigenvalue weighted by Crippen LogP contribution is -2.41. The van der Waals surface area contributed by atoms with E-state index in [0.717, 1.165) is 12.8 Å². The Balaban J connectivity index is 1.75. The second-order valence-electron chi connectivity index (χ2n) is 4.56. The maximum absolute atomic E-state index is 11.9. The molecule has 0 aliphatic carbocycles. The van der Waals surface area contributed by atoms with Crippen LogP contribution in [0.5, 0.6) is 0 Å². The molecule has 116 valence electrons. The zero-order valence-corrected chi connectivity index (χ0v) is 13.9. The van der Waals surface area contributed by atoms with Gasteiger partial charge >= 0.3 is 0 Å². The molecule has 1 aromatic heterocycles. The highest BCUT2D eigenvalue weighted by atomic mass is 35.5. The summed E-state index contributed by atoms with van der Waals surface area (Å²) in [4.78, 5) is 24.8. The number of hydrogen-bond donors (Lipinski definition) is 2. The predicted octanol–water partition coefficient (Wildman–Crippen LogP) is 3.84. The maximum Gasteiger partial charge on any atom is 0.271 e. The molecule has 0 fully saturated rings. The Labute approximate surface area is 142 Å². The molecule has 1 heterocycles. The second kappa shape index (κ2) is 8.17. The van der Waals surface area contributed by atoms with Crippen molar-refractivity contribution in [3.8, 4) is 0 Å². The highest BCUT2D eigenvalue weighted by Crippen LogP contribution is 2.20. The lowest BCUT2D eigenvalue weighted by atomic mass is 10.2. The van der Waals surface area contributed by atoms with Gasteiger partial charge in [0.1, 0.15) is 0 Å². The molecule has 0 aliphatic heterocycles. The molecule has 0 saturated carbocycles. The summed E-state index contributed by atoms with van der Waals surface area (Å²) in [5.74, 6) is -0.748. The molecular weight excluding hydrogens is 343 g/mol. The minimum atomic E-state index is -0.501. The third-order valence-corrected chi connectivity index (χ3v) is 4.40. The highest BCUT2D eigenvalue weighted by molar-refractivity contribution is 7.09. The van der Waals surface area contributed by atoms with Crippen LogP contribution < -0.4 is 10.9 Å². The van der Waals surface area contributed by atoms with Crippen LogP contribution in [-0.4, -0.2) is 11.8 Å². The van der Waals surface area contributed by atoms with Gasteiger partial charge in [-0.05, 0) is 42.5 Å². The minimum Gasteiger partial charge on any atom is -0.273 e. The normalized spacial score (nSPS) is 10.3. The van der Waals surface area contributed by atoms with Gasteiger partial charge in [0.25, 0.3) is 5.91 Å². The van der Waals surface area contributed by atoms with E-state index in [2.05, 4.69) is 10.9 Å². The van der Waals surface area contributed by atoms with E-state index >= 15 is 0 Å². The van der Waals surface area contributed by atoms with Crippen molar-refractivity contribution in [2.24, 2.45) is 0 Å². The Bertz CT molecular complexity index is 660. The van der Waals surface area contributed by atoms with Gasteiger partial charge in [0.05, 0.1) is 10.6 Å². The largest absolute Gasteiger partial charge is 0.273 e. The van der Waals surface area contributed by atoms with E-state index in [9.17, 15) is 9.59 Å². The van der Waals surface area contributed by atoms with Crippen molar-refractivity contribution in [2.45, 2.75) is 19.3 Å². The molecule has 0 unspecified atom stereocenters. The van der Waals surface area contributed by atoms with Crippen LogP contribution in [0.2, 0.25) is 10.0 Å². The van der Waals surface area contributed by atoms with Crippen LogP contribution in [0, 0.1) is 0 Å². The van der Waals surface area contributed by atoms with Gasteiger partial charge in [-0.25, -0.2) is 0 Å². The molecule has 0 saturated heterocycles. The van der Waals surface area contributed by atoms with E-state index in [-0.39, 0.29) is 16.5 Å². The number of thiophene rings is 1. The van der Waals surface area contributed by atoms with E-state index in [1.54, 1.807) is 17.4 Å². The molecule has 2 amide bonds. The summed E-state index contributed by atoms with van der Waals surface area (Å²) in [6, 6.07) is 8.58. The van der Waals surface area contributed by atoms with Gasteiger partial charge in [-0.3, -0.25) is 20.4 Å². The summed E-state index contributed by atoms with van der Waals surface area (Å²) < 4.78 is 0.